The van der Waals surface area contributed by atoms with Gasteiger partial charge in [-0.3, -0.25) is 0 Å². The molecule has 0 fully saturated rings. The Labute approximate surface area is 128 Å². The number of nitrogens with two attached hydrogens (primary N) is 1. The number of aromatic nitrogens is 2. The lowest BCUT2D eigenvalue weighted by Crippen LogP contribution is -1.89. The van der Waals surface area contributed by atoms with Crippen molar-refractivity contribution in [2.75, 3.05) is 5.73 Å². The van der Waals surface area contributed by atoms with Crippen LogP contribution in [-0.2, 0) is 0 Å². The number of nitrogen functional groups attached to an aromatic ring is 1. The van der Waals surface area contributed by atoms with Crippen LogP contribution in [0.1, 0.15) is 5.56 Å². The quantitative estimate of drug-likeness (QED) is 0.705. The molecule has 3 aromatic rings. The summed E-state index contributed by atoms with van der Waals surface area (Å²) < 4.78 is 19.9. The second-order valence-electron chi connectivity index (χ2n) is 4.63. The van der Waals surface area contributed by atoms with E-state index in [0.717, 1.165) is 15.6 Å². The molecule has 0 bridgehead atoms. The van der Waals surface area contributed by atoms with E-state index in [-0.39, 0.29) is 11.5 Å². The number of benzene rings is 2. The Balaban J connectivity index is 2.01. The summed E-state index contributed by atoms with van der Waals surface area (Å²) in [5, 5.41) is 3.89. The zero-order valence-corrected chi connectivity index (χ0v) is 12.7. The van der Waals surface area contributed by atoms with E-state index in [2.05, 4.69) is 26.1 Å². The first-order valence-corrected chi connectivity index (χ1v) is 6.99. The lowest BCUT2D eigenvalue weighted by Gasteiger charge is -1.99. The summed E-state index contributed by atoms with van der Waals surface area (Å²) in [5.41, 5.74) is 7.99. The largest absolute Gasteiger partial charge is 0.399 e. The number of nitrogens with zero attached hydrogens (tertiary/aromatic N) is 2. The maximum absolute atomic E-state index is 13.8. The smallest absolute Gasteiger partial charge is 0.261 e. The number of hydrogen-bond acceptors (Lipinski definition) is 4. The summed E-state index contributed by atoms with van der Waals surface area (Å²) >= 11 is 3.45. The van der Waals surface area contributed by atoms with Gasteiger partial charge in [0.1, 0.15) is 5.82 Å². The Kier molecular flexibility index (Phi) is 3.47. The number of aryl methyl sites for hydroxylation is 1. The Bertz CT molecular complexity index is 816. The molecule has 0 unspecified atom stereocenters. The van der Waals surface area contributed by atoms with Gasteiger partial charge in [0.15, 0.2) is 0 Å². The van der Waals surface area contributed by atoms with E-state index in [0.29, 0.717) is 11.5 Å². The summed E-state index contributed by atoms with van der Waals surface area (Å²) in [6.07, 6.45) is 0. The van der Waals surface area contributed by atoms with Gasteiger partial charge in [-0.25, -0.2) is 4.39 Å². The molecule has 4 nitrogen and oxygen atoms in total. The minimum atomic E-state index is -0.490. The first kappa shape index (κ1) is 13.8. The SMILES string of the molecule is Cc1ccc(-c2noc(-c3ccc(N)cc3F)n2)cc1Br. The van der Waals surface area contributed by atoms with Gasteiger partial charge in [0.05, 0.1) is 5.56 Å². The molecular formula is C15H11BrFN3O. The lowest BCUT2D eigenvalue weighted by atomic mass is 10.1. The van der Waals surface area contributed by atoms with Crippen LogP contribution in [0.4, 0.5) is 10.1 Å². The average molecular weight is 348 g/mol. The molecule has 106 valence electrons. The van der Waals surface area contributed by atoms with Crippen LogP contribution < -0.4 is 5.73 Å². The van der Waals surface area contributed by atoms with Crippen LogP contribution >= 0.6 is 15.9 Å². The Morgan fingerprint density at radius 2 is 2.00 bits per heavy atom. The monoisotopic (exact) mass is 347 g/mol. The van der Waals surface area contributed by atoms with Crippen LogP contribution in [0, 0.1) is 12.7 Å². The second kappa shape index (κ2) is 5.29. The second-order valence-corrected chi connectivity index (χ2v) is 5.48. The van der Waals surface area contributed by atoms with E-state index in [4.69, 9.17) is 10.3 Å². The van der Waals surface area contributed by atoms with Gasteiger partial charge in [-0.15, -0.1) is 0 Å². The van der Waals surface area contributed by atoms with Crippen molar-refractivity contribution < 1.29 is 8.91 Å². The number of rotatable bonds is 2. The van der Waals surface area contributed by atoms with Crippen LogP contribution in [0.5, 0.6) is 0 Å². The molecule has 3 rings (SSSR count). The Morgan fingerprint density at radius 1 is 1.19 bits per heavy atom. The molecule has 0 spiro atoms. The lowest BCUT2D eigenvalue weighted by molar-refractivity contribution is 0.429. The maximum atomic E-state index is 13.8. The first-order valence-electron chi connectivity index (χ1n) is 6.20. The molecule has 1 heterocycles. The minimum Gasteiger partial charge on any atom is -0.399 e. The van der Waals surface area contributed by atoms with Gasteiger partial charge in [-0.2, -0.15) is 4.98 Å². The molecule has 0 radical (unpaired) electrons. The van der Waals surface area contributed by atoms with Crippen molar-refractivity contribution in [2.24, 2.45) is 0 Å². The van der Waals surface area contributed by atoms with Crippen molar-refractivity contribution in [3.8, 4) is 22.8 Å². The normalized spacial score (nSPS) is 10.8. The zero-order valence-electron chi connectivity index (χ0n) is 11.1. The molecule has 0 aliphatic rings. The molecule has 1 aromatic heterocycles. The highest BCUT2D eigenvalue weighted by Crippen LogP contribution is 2.27. The van der Waals surface area contributed by atoms with E-state index in [9.17, 15) is 4.39 Å². The van der Waals surface area contributed by atoms with E-state index in [1.165, 1.54) is 12.1 Å². The predicted molar refractivity (Wildman–Crippen MR) is 82.0 cm³/mol. The van der Waals surface area contributed by atoms with Crippen molar-refractivity contribution >= 4 is 21.6 Å². The van der Waals surface area contributed by atoms with Gasteiger partial charge < -0.3 is 10.3 Å². The molecule has 6 heteroatoms. The van der Waals surface area contributed by atoms with Crippen molar-refractivity contribution in [3.63, 3.8) is 0 Å². The molecule has 2 aromatic carbocycles. The molecule has 0 aliphatic carbocycles. The summed E-state index contributed by atoms with van der Waals surface area (Å²) in [6, 6.07) is 10.1. The standard InChI is InChI=1S/C15H11BrFN3O/c1-8-2-3-9(6-12(8)16)14-19-15(21-20-14)11-5-4-10(18)7-13(11)17/h2-7H,18H2,1H3. The fraction of sp³-hybridized carbons (Fsp3) is 0.0667. The number of halogens is 2. The van der Waals surface area contributed by atoms with Gasteiger partial charge in [-0.05, 0) is 36.8 Å². The molecule has 0 atom stereocenters. The van der Waals surface area contributed by atoms with Crippen LogP contribution in [0.15, 0.2) is 45.4 Å². The van der Waals surface area contributed by atoms with Crippen LogP contribution in [0.25, 0.3) is 22.8 Å². The zero-order chi connectivity index (χ0) is 15.0. The highest BCUT2D eigenvalue weighted by molar-refractivity contribution is 9.10. The molecule has 0 aliphatic heterocycles. The molecule has 2 N–H and O–H groups in total. The predicted octanol–water partition coefficient (Wildman–Crippen LogP) is 4.20. The van der Waals surface area contributed by atoms with Crippen LogP contribution in [-0.4, -0.2) is 10.1 Å². The maximum Gasteiger partial charge on any atom is 0.261 e. The molecule has 0 saturated heterocycles. The molecular weight excluding hydrogens is 337 g/mol. The summed E-state index contributed by atoms with van der Waals surface area (Å²) in [7, 11) is 0. The van der Waals surface area contributed by atoms with Gasteiger partial charge in [0, 0.05) is 15.7 Å². The summed E-state index contributed by atoms with van der Waals surface area (Å²) in [5.74, 6) is 0.0383. The van der Waals surface area contributed by atoms with Gasteiger partial charge in [0.25, 0.3) is 5.89 Å². The van der Waals surface area contributed by atoms with Crippen molar-refractivity contribution in [1.82, 2.24) is 10.1 Å². The topological polar surface area (TPSA) is 64.9 Å². The summed E-state index contributed by atoms with van der Waals surface area (Å²) in [6.45, 7) is 1.99. The van der Waals surface area contributed by atoms with Gasteiger partial charge in [-0.1, -0.05) is 33.2 Å². The van der Waals surface area contributed by atoms with E-state index in [1.54, 1.807) is 6.07 Å². The van der Waals surface area contributed by atoms with E-state index in [1.807, 2.05) is 25.1 Å². The average Bonchev–Trinajstić information content (AvgIpc) is 2.91. The van der Waals surface area contributed by atoms with Crippen LogP contribution in [0.3, 0.4) is 0 Å². The van der Waals surface area contributed by atoms with Gasteiger partial charge in [0.2, 0.25) is 5.82 Å². The van der Waals surface area contributed by atoms with Crippen molar-refractivity contribution in [2.45, 2.75) is 6.92 Å². The fourth-order valence-electron chi connectivity index (χ4n) is 1.89. The van der Waals surface area contributed by atoms with Crippen molar-refractivity contribution in [1.29, 1.82) is 0 Å². The summed E-state index contributed by atoms with van der Waals surface area (Å²) in [4.78, 5) is 4.23. The first-order chi connectivity index (χ1) is 10.0. The molecule has 0 saturated carbocycles. The number of anilines is 1. The van der Waals surface area contributed by atoms with E-state index >= 15 is 0 Å². The molecule has 0 amide bonds. The van der Waals surface area contributed by atoms with Gasteiger partial charge >= 0.3 is 0 Å². The highest BCUT2D eigenvalue weighted by Gasteiger charge is 2.15. The fourth-order valence-corrected chi connectivity index (χ4v) is 2.27. The number of hydrogen-bond donors (Lipinski definition) is 1. The minimum absolute atomic E-state index is 0.124. The molecule has 21 heavy (non-hydrogen) atoms. The third-order valence-electron chi connectivity index (χ3n) is 3.08. The van der Waals surface area contributed by atoms with Crippen LogP contribution in [0.2, 0.25) is 0 Å². The van der Waals surface area contributed by atoms with E-state index < -0.39 is 5.82 Å². The third kappa shape index (κ3) is 2.67. The Hall–Kier alpha value is -2.21. The Morgan fingerprint density at radius 3 is 2.71 bits per heavy atom. The van der Waals surface area contributed by atoms with Crippen molar-refractivity contribution in [3.05, 3.63) is 52.3 Å². The highest BCUT2D eigenvalue weighted by atomic mass is 79.9. The third-order valence-corrected chi connectivity index (χ3v) is 3.93.